The van der Waals surface area contributed by atoms with E-state index in [2.05, 4.69) is 9.97 Å². The van der Waals surface area contributed by atoms with Crippen molar-refractivity contribution in [3.8, 4) is 16.9 Å². The molecule has 4 rings (SSSR count). The average Bonchev–Trinajstić information content (AvgIpc) is 3.17. The topological polar surface area (TPSA) is 72.0 Å². The first-order valence-corrected chi connectivity index (χ1v) is 10.8. The second kappa shape index (κ2) is 8.23. The number of Topliss-reactive ketones (excluding diaryl/α,β-unsaturated/α-hetero) is 1. The molecule has 2 aromatic heterocycles. The Kier molecular flexibility index (Phi) is 5.51. The lowest BCUT2D eigenvalue weighted by molar-refractivity contribution is 0.102. The zero-order valence-electron chi connectivity index (χ0n) is 15.9. The molecular formula is C22H18N2O3S2. The van der Waals surface area contributed by atoms with E-state index in [0.29, 0.717) is 26.7 Å². The highest BCUT2D eigenvalue weighted by Gasteiger charge is 2.14. The van der Waals surface area contributed by atoms with Crippen molar-refractivity contribution in [1.29, 1.82) is 0 Å². The molecule has 0 radical (unpaired) electrons. The summed E-state index contributed by atoms with van der Waals surface area (Å²) < 4.78 is 5.16. The lowest BCUT2D eigenvalue weighted by Crippen LogP contribution is -2.10. The second-order valence-electron chi connectivity index (χ2n) is 6.51. The number of ketones is 1. The summed E-state index contributed by atoms with van der Waals surface area (Å²) in [5.74, 6) is 0.761. The number of hydrogen-bond donors (Lipinski definition) is 1. The molecule has 0 atom stereocenters. The van der Waals surface area contributed by atoms with Gasteiger partial charge in [-0.3, -0.25) is 9.59 Å². The van der Waals surface area contributed by atoms with Crippen LogP contribution in [0.5, 0.6) is 5.75 Å². The molecule has 0 saturated carbocycles. The maximum atomic E-state index is 12.7. The molecule has 2 heterocycles. The van der Waals surface area contributed by atoms with Crippen molar-refractivity contribution < 1.29 is 9.53 Å². The van der Waals surface area contributed by atoms with Crippen molar-refractivity contribution in [2.45, 2.75) is 12.1 Å². The number of thiophene rings is 1. The Morgan fingerprint density at radius 2 is 2.00 bits per heavy atom. The molecule has 1 N–H and O–H groups in total. The number of hydrogen-bond acceptors (Lipinski definition) is 6. The minimum Gasteiger partial charge on any atom is -0.497 e. The number of nitrogens with zero attached hydrogens (tertiary/aromatic N) is 1. The molecule has 7 heteroatoms. The highest BCUT2D eigenvalue weighted by molar-refractivity contribution is 7.99. The summed E-state index contributed by atoms with van der Waals surface area (Å²) in [4.78, 5) is 33.2. The van der Waals surface area contributed by atoms with Gasteiger partial charge in [0, 0.05) is 16.5 Å². The van der Waals surface area contributed by atoms with Gasteiger partial charge in [0.1, 0.15) is 10.6 Å². The maximum absolute atomic E-state index is 12.7. The number of carbonyl (C=O) groups excluding carboxylic acids is 1. The highest BCUT2D eigenvalue weighted by atomic mass is 32.2. The van der Waals surface area contributed by atoms with E-state index in [0.717, 1.165) is 11.1 Å². The van der Waals surface area contributed by atoms with Crippen molar-refractivity contribution >= 4 is 39.1 Å². The molecule has 0 aliphatic heterocycles. The minimum absolute atomic E-state index is 0.0526. The van der Waals surface area contributed by atoms with Crippen LogP contribution in [0.4, 0.5) is 0 Å². The number of carbonyl (C=O) groups is 1. The van der Waals surface area contributed by atoms with Crippen LogP contribution >= 0.6 is 23.1 Å². The Morgan fingerprint density at radius 1 is 1.21 bits per heavy atom. The van der Waals surface area contributed by atoms with Crippen molar-refractivity contribution in [3.63, 3.8) is 0 Å². The Balaban J connectivity index is 1.57. The zero-order valence-corrected chi connectivity index (χ0v) is 17.5. The Bertz CT molecular complexity index is 1240. The van der Waals surface area contributed by atoms with Crippen molar-refractivity contribution in [2.75, 3.05) is 12.9 Å². The molecule has 0 spiro atoms. The predicted octanol–water partition coefficient (Wildman–Crippen LogP) is 4.94. The fourth-order valence-electron chi connectivity index (χ4n) is 2.96. The summed E-state index contributed by atoms with van der Waals surface area (Å²) >= 11 is 2.65. The molecule has 0 fully saturated rings. The molecule has 0 bridgehead atoms. The number of aromatic amines is 1. The van der Waals surface area contributed by atoms with Crippen LogP contribution in [0.15, 0.2) is 63.9 Å². The third-order valence-electron chi connectivity index (χ3n) is 4.52. The number of nitrogens with one attached hydrogen (secondary N) is 1. The highest BCUT2D eigenvalue weighted by Crippen LogP contribution is 2.31. The number of aryl methyl sites for hydroxylation is 1. The van der Waals surface area contributed by atoms with E-state index in [1.165, 1.54) is 28.7 Å². The van der Waals surface area contributed by atoms with Gasteiger partial charge < -0.3 is 9.72 Å². The molecule has 2 aromatic carbocycles. The largest absolute Gasteiger partial charge is 0.497 e. The number of fused-ring (bicyclic) bond motifs is 1. The van der Waals surface area contributed by atoms with E-state index in [9.17, 15) is 9.59 Å². The Hall–Kier alpha value is -2.90. The standard InChI is InChI=1S/C22H18N2O3S2/c1-13-6-8-14(9-7-13)17-11-28-21-19(17)20(26)23-22(24-21)29-12-18(25)15-4-3-5-16(10-15)27-2/h3-11H,12H2,1-2H3,(H,23,24,26). The zero-order chi connectivity index (χ0) is 20.4. The van der Waals surface area contributed by atoms with Crippen molar-refractivity contribution in [3.05, 3.63) is 75.4 Å². The van der Waals surface area contributed by atoms with Gasteiger partial charge in [0.2, 0.25) is 0 Å². The molecule has 29 heavy (non-hydrogen) atoms. The quantitative estimate of drug-likeness (QED) is 0.271. The summed E-state index contributed by atoms with van der Waals surface area (Å²) in [6.45, 7) is 2.03. The first kappa shape index (κ1) is 19.4. The summed E-state index contributed by atoms with van der Waals surface area (Å²) in [5, 5.41) is 2.98. The summed E-state index contributed by atoms with van der Waals surface area (Å²) in [6, 6.07) is 15.1. The normalized spacial score (nSPS) is 11.0. The van der Waals surface area contributed by atoms with Gasteiger partial charge in [0.05, 0.1) is 18.2 Å². The monoisotopic (exact) mass is 422 g/mol. The number of rotatable bonds is 6. The van der Waals surface area contributed by atoms with Crippen LogP contribution in [0.2, 0.25) is 0 Å². The average molecular weight is 423 g/mol. The van der Waals surface area contributed by atoms with E-state index in [1.54, 1.807) is 31.4 Å². The van der Waals surface area contributed by atoms with Gasteiger partial charge in [0.25, 0.3) is 5.56 Å². The first-order chi connectivity index (χ1) is 14.0. The second-order valence-corrected chi connectivity index (χ2v) is 8.33. The van der Waals surface area contributed by atoms with Gasteiger partial charge >= 0.3 is 0 Å². The van der Waals surface area contributed by atoms with E-state index in [1.807, 2.05) is 36.6 Å². The van der Waals surface area contributed by atoms with Crippen LogP contribution < -0.4 is 10.3 Å². The Morgan fingerprint density at radius 3 is 2.76 bits per heavy atom. The lowest BCUT2D eigenvalue weighted by atomic mass is 10.1. The van der Waals surface area contributed by atoms with E-state index < -0.39 is 0 Å². The van der Waals surface area contributed by atoms with Gasteiger partial charge in [-0.1, -0.05) is 53.7 Å². The van der Waals surface area contributed by atoms with Crippen LogP contribution in [0.1, 0.15) is 15.9 Å². The molecular weight excluding hydrogens is 404 g/mol. The first-order valence-electron chi connectivity index (χ1n) is 8.94. The Labute approximate surface area is 175 Å². The van der Waals surface area contributed by atoms with Crippen LogP contribution in [0.25, 0.3) is 21.3 Å². The number of H-pyrrole nitrogens is 1. The molecule has 0 aliphatic rings. The number of ether oxygens (including phenoxy) is 1. The third kappa shape index (κ3) is 4.11. The van der Waals surface area contributed by atoms with Crippen LogP contribution in [-0.4, -0.2) is 28.6 Å². The van der Waals surface area contributed by atoms with Crippen molar-refractivity contribution in [1.82, 2.24) is 9.97 Å². The molecule has 0 amide bonds. The fourth-order valence-corrected chi connectivity index (χ4v) is 4.72. The van der Waals surface area contributed by atoms with Gasteiger partial charge in [-0.25, -0.2) is 4.98 Å². The molecule has 4 aromatic rings. The van der Waals surface area contributed by atoms with Gasteiger partial charge in [-0.05, 0) is 24.6 Å². The molecule has 0 aliphatic carbocycles. The molecule has 0 saturated heterocycles. The molecule has 5 nitrogen and oxygen atoms in total. The molecule has 0 unspecified atom stereocenters. The van der Waals surface area contributed by atoms with Crippen LogP contribution in [0, 0.1) is 6.92 Å². The maximum Gasteiger partial charge on any atom is 0.260 e. The number of thioether (sulfide) groups is 1. The molecule has 146 valence electrons. The number of methoxy groups -OCH3 is 1. The van der Waals surface area contributed by atoms with E-state index in [4.69, 9.17) is 4.74 Å². The lowest BCUT2D eigenvalue weighted by Gasteiger charge is -2.04. The summed E-state index contributed by atoms with van der Waals surface area (Å²) in [5.41, 5.74) is 3.41. The van der Waals surface area contributed by atoms with Gasteiger partial charge in [0.15, 0.2) is 10.9 Å². The van der Waals surface area contributed by atoms with Gasteiger partial charge in [-0.15, -0.1) is 11.3 Å². The summed E-state index contributed by atoms with van der Waals surface area (Å²) in [7, 11) is 1.56. The van der Waals surface area contributed by atoms with Crippen LogP contribution in [-0.2, 0) is 0 Å². The fraction of sp³-hybridized carbons (Fsp3) is 0.136. The van der Waals surface area contributed by atoms with E-state index >= 15 is 0 Å². The van der Waals surface area contributed by atoms with E-state index in [-0.39, 0.29) is 17.1 Å². The van der Waals surface area contributed by atoms with Gasteiger partial charge in [-0.2, -0.15) is 0 Å². The van der Waals surface area contributed by atoms with Crippen molar-refractivity contribution in [2.24, 2.45) is 0 Å². The predicted molar refractivity (Wildman–Crippen MR) is 118 cm³/mol. The summed E-state index contributed by atoms with van der Waals surface area (Å²) in [6.07, 6.45) is 0. The number of benzene rings is 2. The minimum atomic E-state index is -0.192. The third-order valence-corrected chi connectivity index (χ3v) is 6.26. The number of aromatic nitrogens is 2. The smallest absolute Gasteiger partial charge is 0.260 e. The van der Waals surface area contributed by atoms with Crippen LogP contribution in [0.3, 0.4) is 0 Å². The SMILES string of the molecule is COc1cccc(C(=O)CSc2nc3scc(-c4ccc(C)cc4)c3c(=O)[nH]2)c1.